The number of carbonyl (C=O) groups excluding carboxylic acids is 1. The van der Waals surface area contributed by atoms with Gasteiger partial charge in [0.1, 0.15) is 20.2 Å². The van der Waals surface area contributed by atoms with E-state index in [2.05, 4.69) is 0 Å². The van der Waals surface area contributed by atoms with Crippen molar-refractivity contribution in [3.63, 3.8) is 0 Å². The molecule has 13 heteroatoms. The maximum Gasteiger partial charge on any atom is 1.00 e. The van der Waals surface area contributed by atoms with Gasteiger partial charge in [-0.1, -0.05) is 0 Å². The van der Waals surface area contributed by atoms with Crippen LogP contribution < -0.4 is 68.9 Å². The Bertz CT molecular complexity index is 1060. The summed E-state index contributed by atoms with van der Waals surface area (Å²) in [5, 5.41) is 0. The van der Waals surface area contributed by atoms with E-state index < -0.39 is 35.8 Å². The summed E-state index contributed by atoms with van der Waals surface area (Å²) in [7, 11) is 0.0484. The third-order valence-corrected chi connectivity index (χ3v) is 5.58. The molecule has 2 radical (unpaired) electrons. The minimum Gasteiger partial charge on any atom is -0.744 e. The Labute approximate surface area is 220 Å². The third-order valence-electron chi connectivity index (χ3n) is 3.84. The number of hydrogen-bond acceptors (Lipinski definition) is 9. The fraction of sp³-hybridized carbons (Fsp3) is 0.176. The Morgan fingerprint density at radius 1 is 0.800 bits per heavy atom. The third kappa shape index (κ3) is 6.76. The van der Waals surface area contributed by atoms with E-state index in [-0.39, 0.29) is 81.6 Å². The van der Waals surface area contributed by atoms with Gasteiger partial charge in [0.05, 0.1) is 28.2 Å². The average Bonchev–Trinajstić information content (AvgIpc) is 2.58. The minimum atomic E-state index is -4.94. The molecule has 0 atom stereocenters. The molecule has 0 saturated carbocycles. The second-order valence-corrected chi connectivity index (χ2v) is 8.80. The molecule has 0 unspecified atom stereocenters. The predicted molar refractivity (Wildman–Crippen MR) is 99.3 cm³/mol. The van der Waals surface area contributed by atoms with Crippen molar-refractivity contribution in [2.45, 2.75) is 9.79 Å². The molecular formula is C17H16N2Na2O7S2. The van der Waals surface area contributed by atoms with Crippen molar-refractivity contribution >= 4 is 37.4 Å². The van der Waals surface area contributed by atoms with Gasteiger partial charge in [-0.25, -0.2) is 16.8 Å². The van der Waals surface area contributed by atoms with Crippen molar-refractivity contribution in [3.8, 4) is 0 Å². The van der Waals surface area contributed by atoms with Crippen molar-refractivity contribution in [2.24, 2.45) is 0 Å². The fourth-order valence-corrected chi connectivity index (χ4v) is 4.06. The first-order valence-corrected chi connectivity index (χ1v) is 10.5. The summed E-state index contributed by atoms with van der Waals surface area (Å²) in [6.07, 6.45) is 0. The molecule has 0 bridgehead atoms. The molecule has 150 valence electrons. The Hall–Kier alpha value is -0.470. The topological polar surface area (TPSA) is 138 Å². The van der Waals surface area contributed by atoms with E-state index in [9.17, 15) is 30.7 Å². The maximum atomic E-state index is 12.7. The fourth-order valence-electron chi connectivity index (χ4n) is 2.54. The number of anilines is 2. The van der Waals surface area contributed by atoms with Gasteiger partial charge in [-0.3, -0.25) is 4.79 Å². The zero-order valence-corrected chi connectivity index (χ0v) is 22.7. The molecule has 0 aliphatic heterocycles. The summed E-state index contributed by atoms with van der Waals surface area (Å²) >= 11 is 0. The summed E-state index contributed by atoms with van der Waals surface area (Å²) in [6.45, 7) is 0. The Morgan fingerprint density at radius 3 is 1.50 bits per heavy atom. The second kappa shape index (κ2) is 10.9. The van der Waals surface area contributed by atoms with E-state index >= 15 is 0 Å². The smallest absolute Gasteiger partial charge is 0.744 e. The molecule has 0 aliphatic carbocycles. The van der Waals surface area contributed by atoms with Crippen LogP contribution in [0.1, 0.15) is 15.9 Å². The van der Waals surface area contributed by atoms with Crippen LogP contribution in [0.2, 0.25) is 0 Å². The van der Waals surface area contributed by atoms with Crippen LogP contribution in [-0.2, 0) is 20.2 Å². The van der Waals surface area contributed by atoms with Crippen LogP contribution in [0.15, 0.2) is 46.2 Å². The molecule has 0 aliphatic rings. The van der Waals surface area contributed by atoms with Gasteiger partial charge in [-0.15, -0.1) is 0 Å². The average molecular weight is 470 g/mol. The number of nitrogens with zero attached hydrogens (tertiary/aromatic N) is 2. The first-order valence-electron chi connectivity index (χ1n) is 7.64. The summed E-state index contributed by atoms with van der Waals surface area (Å²) in [4.78, 5) is 13.7. The molecule has 0 saturated heterocycles. The van der Waals surface area contributed by atoms with Gasteiger partial charge in [-0.05, 0) is 36.4 Å². The molecule has 0 aromatic heterocycles. The largest absolute Gasteiger partial charge is 1.00 e. The van der Waals surface area contributed by atoms with Crippen LogP contribution >= 0.6 is 0 Å². The van der Waals surface area contributed by atoms with Crippen molar-refractivity contribution in [2.75, 3.05) is 30.9 Å². The van der Waals surface area contributed by atoms with Gasteiger partial charge in [0.2, 0.25) is 0 Å². The zero-order chi connectivity index (χ0) is 21.4. The van der Waals surface area contributed by atoms with E-state index in [4.69, 9.17) is 7.05 Å². The maximum absolute atomic E-state index is 12.7. The summed E-state index contributed by atoms with van der Waals surface area (Å²) in [6, 6.07) is 6.76. The van der Waals surface area contributed by atoms with E-state index in [1.165, 1.54) is 50.3 Å². The van der Waals surface area contributed by atoms with Crippen LogP contribution in [0.3, 0.4) is 0 Å². The summed E-state index contributed by atoms with van der Waals surface area (Å²) in [5.74, 6) is -0.772. The minimum absolute atomic E-state index is 0. The van der Waals surface area contributed by atoms with Crippen LogP contribution in [0.4, 0.5) is 11.4 Å². The molecule has 0 spiro atoms. The molecule has 2 aromatic carbocycles. The molecule has 0 amide bonds. The Kier molecular flexibility index (Phi) is 10.7. The van der Waals surface area contributed by atoms with Crippen molar-refractivity contribution < 1.29 is 89.9 Å². The van der Waals surface area contributed by atoms with Gasteiger partial charge in [0.15, 0.2) is 5.78 Å². The molecule has 30 heavy (non-hydrogen) atoms. The number of hydrogen-bond donors (Lipinski definition) is 0. The van der Waals surface area contributed by atoms with Gasteiger partial charge >= 0.3 is 59.1 Å². The summed E-state index contributed by atoms with van der Waals surface area (Å²) < 4.78 is 69.1. The zero-order valence-electron chi connectivity index (χ0n) is 17.1. The van der Waals surface area contributed by atoms with Gasteiger partial charge in [-0.2, -0.15) is 0 Å². The Morgan fingerprint density at radius 2 is 1.17 bits per heavy atom. The molecule has 0 N–H and O–H groups in total. The van der Waals surface area contributed by atoms with Crippen molar-refractivity contribution in [3.05, 3.63) is 54.6 Å². The van der Waals surface area contributed by atoms with E-state index in [1.807, 2.05) is 0 Å². The van der Waals surface area contributed by atoms with Gasteiger partial charge in [0.25, 0.3) is 0 Å². The van der Waals surface area contributed by atoms with Crippen LogP contribution in [-0.4, -0.2) is 52.9 Å². The van der Waals surface area contributed by atoms with Gasteiger partial charge in [0, 0.05) is 32.3 Å². The Balaban J connectivity index is 0.00000420. The number of benzene rings is 2. The summed E-state index contributed by atoms with van der Waals surface area (Å²) in [5.41, 5.74) is -0.373. The first kappa shape index (κ1) is 29.5. The molecule has 9 nitrogen and oxygen atoms in total. The van der Waals surface area contributed by atoms with E-state index in [1.54, 1.807) is 0 Å². The SMILES string of the molecule is [CH]N(C)c1ccc(C(=O)c2ccc(N(C)C)c(S(=O)(=O)[O-])c2)cc1S(=O)(=O)[O-].[Na+].[Na+]. The monoisotopic (exact) mass is 470 g/mol. The molecule has 2 aromatic rings. The molecule has 0 fully saturated rings. The van der Waals surface area contributed by atoms with Crippen molar-refractivity contribution in [1.29, 1.82) is 0 Å². The standard InChI is InChI=1S/C17H18N2O7S2.2Na/c1-18(2)13-7-5-11(9-15(13)27(21,22)23)17(20)12-6-8-14(19(3)4)16(10-12)28(24,25)26;;/h1,5-10H,2-4H3,(H,21,22,23)(H,24,25,26);;/q;2*+1/p-2. The van der Waals surface area contributed by atoms with E-state index in [0.29, 0.717) is 0 Å². The van der Waals surface area contributed by atoms with Gasteiger partial charge < -0.3 is 18.9 Å². The van der Waals surface area contributed by atoms with Crippen LogP contribution in [0, 0.1) is 7.05 Å². The predicted octanol–water partition coefficient (Wildman–Crippen LogP) is -5.10. The van der Waals surface area contributed by atoms with E-state index in [0.717, 1.165) is 17.0 Å². The van der Waals surface area contributed by atoms with Crippen LogP contribution in [0.25, 0.3) is 0 Å². The molecule has 0 heterocycles. The number of ketones is 1. The molecule has 2 rings (SSSR count). The number of rotatable bonds is 6. The molecular weight excluding hydrogens is 454 g/mol. The van der Waals surface area contributed by atoms with Crippen LogP contribution in [0.5, 0.6) is 0 Å². The normalized spacial score (nSPS) is 11.1. The second-order valence-electron chi connectivity index (χ2n) is 6.11. The quantitative estimate of drug-likeness (QED) is 0.176. The number of carbonyl (C=O) groups is 1. The van der Waals surface area contributed by atoms with Crippen molar-refractivity contribution in [1.82, 2.24) is 0 Å². The first-order chi connectivity index (χ1) is 12.7.